The van der Waals surface area contributed by atoms with Crippen LogP contribution in [0.4, 0.5) is 0 Å². The Morgan fingerprint density at radius 2 is 2.26 bits per heavy atom. The number of benzene rings is 1. The van der Waals surface area contributed by atoms with Gasteiger partial charge in [0.25, 0.3) is 0 Å². The molecule has 3 nitrogen and oxygen atoms in total. The maximum atomic E-state index is 12.5. The fraction of sp³-hybridized carbons (Fsp3) is 0.533. The van der Waals surface area contributed by atoms with Crippen molar-refractivity contribution in [2.75, 3.05) is 19.6 Å². The number of hydrogen-bond donors (Lipinski definition) is 1. The standard InChI is InChI=1S/C15H19BrN2O/c1-10(12-7-17-8-12)15(19)18-6-5-13-11(9-18)3-2-4-14(13)16/h2-4,10,12,17H,5-9H2,1H3. The molecule has 0 saturated carbocycles. The Morgan fingerprint density at radius 3 is 2.95 bits per heavy atom. The first kappa shape index (κ1) is 13.1. The molecular formula is C15H19BrN2O. The van der Waals surface area contributed by atoms with Crippen molar-refractivity contribution >= 4 is 21.8 Å². The molecule has 2 aliphatic heterocycles. The number of carbonyl (C=O) groups is 1. The van der Waals surface area contributed by atoms with Crippen LogP contribution in [-0.2, 0) is 17.8 Å². The minimum atomic E-state index is 0.148. The normalized spacial score (nSPS) is 20.6. The highest BCUT2D eigenvalue weighted by atomic mass is 79.9. The molecule has 2 aliphatic rings. The predicted octanol–water partition coefficient (Wildman–Crippen LogP) is 2.19. The van der Waals surface area contributed by atoms with E-state index >= 15 is 0 Å². The second-order valence-electron chi connectivity index (χ2n) is 5.59. The number of carbonyl (C=O) groups excluding carboxylic acids is 1. The van der Waals surface area contributed by atoms with Crippen molar-refractivity contribution in [3.05, 3.63) is 33.8 Å². The van der Waals surface area contributed by atoms with E-state index in [9.17, 15) is 4.79 Å². The molecule has 1 fully saturated rings. The summed E-state index contributed by atoms with van der Waals surface area (Å²) < 4.78 is 1.17. The number of hydrogen-bond acceptors (Lipinski definition) is 2. The number of nitrogens with one attached hydrogen (secondary N) is 1. The first-order valence-electron chi connectivity index (χ1n) is 6.92. The van der Waals surface area contributed by atoms with Gasteiger partial charge in [0.2, 0.25) is 5.91 Å². The third-order valence-corrected chi connectivity index (χ3v) is 5.17. The molecule has 1 saturated heterocycles. The van der Waals surface area contributed by atoms with E-state index in [0.717, 1.165) is 32.6 Å². The van der Waals surface area contributed by atoms with Crippen molar-refractivity contribution < 1.29 is 4.79 Å². The van der Waals surface area contributed by atoms with E-state index in [2.05, 4.69) is 46.4 Å². The molecule has 3 rings (SSSR count). The summed E-state index contributed by atoms with van der Waals surface area (Å²) >= 11 is 3.60. The summed E-state index contributed by atoms with van der Waals surface area (Å²) in [4.78, 5) is 14.5. The summed E-state index contributed by atoms with van der Waals surface area (Å²) in [5.41, 5.74) is 2.65. The Labute approximate surface area is 122 Å². The van der Waals surface area contributed by atoms with Crippen LogP contribution in [0, 0.1) is 11.8 Å². The summed E-state index contributed by atoms with van der Waals surface area (Å²) in [6.45, 7) is 5.66. The second kappa shape index (κ2) is 5.25. The molecule has 0 aromatic heterocycles. The van der Waals surface area contributed by atoms with Gasteiger partial charge in [-0.15, -0.1) is 0 Å². The quantitative estimate of drug-likeness (QED) is 0.905. The lowest BCUT2D eigenvalue weighted by Gasteiger charge is -2.37. The predicted molar refractivity (Wildman–Crippen MR) is 78.8 cm³/mol. The lowest BCUT2D eigenvalue weighted by Crippen LogP contribution is -2.51. The highest BCUT2D eigenvalue weighted by Crippen LogP contribution is 2.28. The van der Waals surface area contributed by atoms with Gasteiger partial charge in [-0.05, 0) is 42.6 Å². The number of fused-ring (bicyclic) bond motifs is 1. The van der Waals surface area contributed by atoms with Crippen LogP contribution in [0.3, 0.4) is 0 Å². The molecule has 0 spiro atoms. The number of amides is 1. The monoisotopic (exact) mass is 322 g/mol. The Bertz CT molecular complexity index is 499. The van der Waals surface area contributed by atoms with Gasteiger partial charge in [0.15, 0.2) is 0 Å². The second-order valence-corrected chi connectivity index (χ2v) is 6.45. The van der Waals surface area contributed by atoms with Gasteiger partial charge in [-0.3, -0.25) is 4.79 Å². The minimum Gasteiger partial charge on any atom is -0.338 e. The first-order chi connectivity index (χ1) is 9.16. The summed E-state index contributed by atoms with van der Waals surface area (Å²) in [5, 5.41) is 3.25. The van der Waals surface area contributed by atoms with Crippen LogP contribution in [0.15, 0.2) is 22.7 Å². The van der Waals surface area contributed by atoms with Crippen LogP contribution in [0.1, 0.15) is 18.1 Å². The molecule has 102 valence electrons. The van der Waals surface area contributed by atoms with Gasteiger partial charge in [0.05, 0.1) is 0 Å². The molecule has 1 atom stereocenters. The summed E-state index contributed by atoms with van der Waals surface area (Å²) in [7, 11) is 0. The van der Waals surface area contributed by atoms with Crippen molar-refractivity contribution in [1.29, 1.82) is 0 Å². The number of halogens is 1. The minimum absolute atomic E-state index is 0.148. The van der Waals surface area contributed by atoms with Gasteiger partial charge >= 0.3 is 0 Å². The smallest absolute Gasteiger partial charge is 0.226 e. The van der Waals surface area contributed by atoms with Crippen LogP contribution in [0.25, 0.3) is 0 Å². The molecule has 1 aromatic carbocycles. The average molecular weight is 323 g/mol. The zero-order chi connectivity index (χ0) is 13.4. The molecule has 2 heterocycles. The molecule has 1 N–H and O–H groups in total. The van der Waals surface area contributed by atoms with E-state index in [1.54, 1.807) is 0 Å². The fourth-order valence-corrected chi connectivity index (χ4v) is 3.51. The first-order valence-corrected chi connectivity index (χ1v) is 7.72. The van der Waals surface area contributed by atoms with E-state index in [0.29, 0.717) is 11.8 Å². The topological polar surface area (TPSA) is 32.3 Å². The zero-order valence-electron chi connectivity index (χ0n) is 11.2. The molecule has 19 heavy (non-hydrogen) atoms. The molecule has 1 aromatic rings. The third-order valence-electron chi connectivity index (χ3n) is 4.43. The van der Waals surface area contributed by atoms with Gasteiger partial charge < -0.3 is 10.2 Å². The molecule has 1 amide bonds. The van der Waals surface area contributed by atoms with Gasteiger partial charge in [0.1, 0.15) is 0 Å². The maximum Gasteiger partial charge on any atom is 0.226 e. The van der Waals surface area contributed by atoms with Gasteiger partial charge in [-0.25, -0.2) is 0 Å². The molecule has 1 unspecified atom stereocenters. The van der Waals surface area contributed by atoms with Gasteiger partial charge in [0, 0.05) is 23.5 Å². The Morgan fingerprint density at radius 1 is 1.47 bits per heavy atom. The van der Waals surface area contributed by atoms with Crippen LogP contribution in [0.5, 0.6) is 0 Å². The van der Waals surface area contributed by atoms with Crippen molar-refractivity contribution in [3.8, 4) is 0 Å². The van der Waals surface area contributed by atoms with E-state index in [1.807, 2.05) is 4.90 Å². The summed E-state index contributed by atoms with van der Waals surface area (Å²) in [5.74, 6) is 0.989. The van der Waals surface area contributed by atoms with E-state index < -0.39 is 0 Å². The van der Waals surface area contributed by atoms with Crippen LogP contribution in [0.2, 0.25) is 0 Å². The third kappa shape index (κ3) is 2.43. The maximum absolute atomic E-state index is 12.5. The summed E-state index contributed by atoms with van der Waals surface area (Å²) in [6, 6.07) is 6.27. The van der Waals surface area contributed by atoms with Crippen molar-refractivity contribution in [2.45, 2.75) is 19.9 Å². The van der Waals surface area contributed by atoms with Crippen molar-refractivity contribution in [3.63, 3.8) is 0 Å². The SMILES string of the molecule is CC(C(=O)N1CCc2c(Br)cccc2C1)C1CNC1. The average Bonchev–Trinajstić information content (AvgIpc) is 2.35. The lowest BCUT2D eigenvalue weighted by atomic mass is 9.87. The highest BCUT2D eigenvalue weighted by molar-refractivity contribution is 9.10. The molecule has 0 radical (unpaired) electrons. The Balaban J connectivity index is 1.72. The molecule has 0 bridgehead atoms. The van der Waals surface area contributed by atoms with Crippen molar-refractivity contribution in [2.24, 2.45) is 11.8 Å². The molecule has 4 heteroatoms. The lowest BCUT2D eigenvalue weighted by molar-refractivity contribution is -0.138. The Kier molecular flexibility index (Phi) is 3.63. The highest BCUT2D eigenvalue weighted by Gasteiger charge is 2.32. The number of rotatable bonds is 2. The zero-order valence-corrected chi connectivity index (χ0v) is 12.7. The largest absolute Gasteiger partial charge is 0.338 e. The van der Waals surface area contributed by atoms with Gasteiger partial charge in [-0.1, -0.05) is 35.0 Å². The van der Waals surface area contributed by atoms with E-state index in [4.69, 9.17) is 0 Å². The van der Waals surface area contributed by atoms with Crippen LogP contribution >= 0.6 is 15.9 Å². The fourth-order valence-electron chi connectivity index (χ4n) is 2.91. The molecular weight excluding hydrogens is 304 g/mol. The van der Waals surface area contributed by atoms with Gasteiger partial charge in [-0.2, -0.15) is 0 Å². The Hall–Kier alpha value is -0.870. The van der Waals surface area contributed by atoms with Crippen LogP contribution < -0.4 is 5.32 Å². The van der Waals surface area contributed by atoms with E-state index in [1.165, 1.54) is 15.6 Å². The summed E-state index contributed by atoms with van der Waals surface area (Å²) in [6.07, 6.45) is 0.956. The van der Waals surface area contributed by atoms with Crippen LogP contribution in [-0.4, -0.2) is 30.4 Å². The molecule has 0 aliphatic carbocycles. The van der Waals surface area contributed by atoms with E-state index in [-0.39, 0.29) is 5.92 Å². The van der Waals surface area contributed by atoms with Crippen molar-refractivity contribution in [1.82, 2.24) is 10.2 Å². The number of nitrogens with zero attached hydrogens (tertiary/aromatic N) is 1.